The van der Waals surface area contributed by atoms with Gasteiger partial charge in [-0.1, -0.05) is 6.92 Å². The minimum absolute atomic E-state index is 0.0116. The third-order valence-corrected chi connectivity index (χ3v) is 6.78. The molecule has 3 atom stereocenters. The fraction of sp³-hybridized carbons (Fsp3) is 0.393. The van der Waals surface area contributed by atoms with E-state index in [1.807, 2.05) is 6.07 Å². The number of methoxy groups -OCH3 is 1. The third-order valence-electron chi connectivity index (χ3n) is 6.78. The van der Waals surface area contributed by atoms with Crippen LogP contribution in [0.5, 0.6) is 0 Å². The fourth-order valence-corrected chi connectivity index (χ4v) is 5.15. The Kier molecular flexibility index (Phi) is 8.16. The van der Waals surface area contributed by atoms with Crippen molar-refractivity contribution in [1.82, 2.24) is 9.97 Å². The molecule has 0 bridgehead atoms. The number of pyridine rings is 2. The van der Waals surface area contributed by atoms with Gasteiger partial charge < -0.3 is 10.5 Å². The number of nitrogens with two attached hydrogens (primary N) is 1. The van der Waals surface area contributed by atoms with Crippen LogP contribution in [-0.4, -0.2) is 35.5 Å². The summed E-state index contributed by atoms with van der Waals surface area (Å²) in [5.74, 6) is -2.52. The van der Waals surface area contributed by atoms with Gasteiger partial charge in [-0.3, -0.25) is 9.78 Å². The third kappa shape index (κ3) is 5.82. The van der Waals surface area contributed by atoms with E-state index >= 15 is 0 Å². The molecule has 1 saturated carbocycles. The quantitative estimate of drug-likeness (QED) is 0.421. The van der Waals surface area contributed by atoms with Gasteiger partial charge in [-0.25, -0.2) is 18.2 Å². The van der Waals surface area contributed by atoms with E-state index in [1.165, 1.54) is 13.2 Å². The van der Waals surface area contributed by atoms with Crippen molar-refractivity contribution in [2.45, 2.75) is 51.0 Å². The lowest BCUT2D eigenvalue weighted by Crippen LogP contribution is -2.31. The second kappa shape index (κ2) is 11.3. The van der Waals surface area contributed by atoms with Crippen LogP contribution < -0.4 is 5.73 Å². The summed E-state index contributed by atoms with van der Waals surface area (Å²) in [6, 6.07) is 6.52. The smallest absolute Gasteiger partial charge is 0.185 e. The number of ether oxygens (including phenoxy) is 1. The molecule has 0 saturated heterocycles. The Bertz CT molecular complexity index is 1220. The molecule has 0 spiro atoms. The summed E-state index contributed by atoms with van der Waals surface area (Å²) in [4.78, 5) is 21.4. The van der Waals surface area contributed by atoms with Crippen molar-refractivity contribution in [3.8, 4) is 11.3 Å². The van der Waals surface area contributed by atoms with E-state index in [-0.39, 0.29) is 30.7 Å². The molecule has 36 heavy (non-hydrogen) atoms. The monoisotopic (exact) mass is 497 g/mol. The number of hydrogen-bond acceptors (Lipinski definition) is 5. The van der Waals surface area contributed by atoms with E-state index < -0.39 is 34.5 Å². The average molecular weight is 498 g/mol. The van der Waals surface area contributed by atoms with Crippen molar-refractivity contribution in [2.24, 2.45) is 11.7 Å². The average Bonchev–Trinajstić information content (AvgIpc) is 2.83. The first-order valence-corrected chi connectivity index (χ1v) is 12.1. The highest BCUT2D eigenvalue weighted by Gasteiger charge is 2.28. The van der Waals surface area contributed by atoms with Crippen molar-refractivity contribution in [1.29, 1.82) is 0 Å². The normalized spacial score (nSPS) is 19.9. The highest BCUT2D eigenvalue weighted by molar-refractivity contribution is 5.96. The molecule has 1 aromatic carbocycles. The van der Waals surface area contributed by atoms with Gasteiger partial charge in [-0.2, -0.15) is 0 Å². The molecule has 0 radical (unpaired) electrons. The molecule has 190 valence electrons. The van der Waals surface area contributed by atoms with Crippen LogP contribution in [0.2, 0.25) is 0 Å². The van der Waals surface area contributed by atoms with Crippen LogP contribution in [0.25, 0.3) is 11.3 Å². The standard InChI is InChI=1S/C28H30F3N3O2/c1-16-9-18(13-20(32)10-16)21-5-7-33-15-19(21)14-26(35)25-4-3-22(29)28(34-25)27-23(30)11-17(6-8-36-2)12-24(27)31/h3-5,7,11-12,15-16,18,20H,6,8-10,13-14,32H2,1-2H3/t16-,18+,20-/m0/s1. The van der Waals surface area contributed by atoms with Gasteiger partial charge in [-0.15, -0.1) is 0 Å². The molecule has 0 aliphatic heterocycles. The summed E-state index contributed by atoms with van der Waals surface area (Å²) < 4.78 is 49.2. The molecular formula is C28H30F3N3O2. The number of halogens is 3. The van der Waals surface area contributed by atoms with Crippen LogP contribution in [0.3, 0.4) is 0 Å². The molecule has 3 aromatic rings. The number of hydrogen-bond donors (Lipinski definition) is 1. The van der Waals surface area contributed by atoms with Crippen LogP contribution >= 0.6 is 0 Å². The van der Waals surface area contributed by atoms with Crippen molar-refractivity contribution in [3.63, 3.8) is 0 Å². The van der Waals surface area contributed by atoms with Gasteiger partial charge in [0.15, 0.2) is 5.78 Å². The van der Waals surface area contributed by atoms with Crippen LogP contribution in [-0.2, 0) is 17.6 Å². The summed E-state index contributed by atoms with van der Waals surface area (Å²) in [5, 5.41) is 0. The molecule has 4 rings (SSSR count). The highest BCUT2D eigenvalue weighted by atomic mass is 19.1. The largest absolute Gasteiger partial charge is 0.384 e. The number of rotatable bonds is 8. The summed E-state index contributed by atoms with van der Waals surface area (Å²) in [6.45, 7) is 2.46. The van der Waals surface area contributed by atoms with Gasteiger partial charge in [0.2, 0.25) is 0 Å². The Morgan fingerprint density at radius 3 is 2.53 bits per heavy atom. The van der Waals surface area contributed by atoms with E-state index in [2.05, 4.69) is 16.9 Å². The first-order chi connectivity index (χ1) is 17.3. The molecule has 5 nitrogen and oxygen atoms in total. The number of carbonyl (C=O) groups excluding carboxylic acids is 1. The van der Waals surface area contributed by atoms with E-state index in [0.29, 0.717) is 17.9 Å². The molecule has 1 aliphatic rings. The minimum atomic E-state index is -0.950. The number of benzene rings is 1. The lowest BCUT2D eigenvalue weighted by Gasteiger charge is -2.32. The maximum atomic E-state index is 14.8. The summed E-state index contributed by atoms with van der Waals surface area (Å²) in [5.41, 5.74) is 7.19. The molecular weight excluding hydrogens is 467 g/mol. The number of nitrogens with zero attached hydrogens (tertiary/aromatic N) is 2. The van der Waals surface area contributed by atoms with Gasteiger partial charge >= 0.3 is 0 Å². The van der Waals surface area contributed by atoms with Crippen LogP contribution in [0.1, 0.15) is 59.3 Å². The lowest BCUT2D eigenvalue weighted by atomic mass is 9.75. The second-order valence-corrected chi connectivity index (χ2v) is 9.65. The highest BCUT2D eigenvalue weighted by Crippen LogP contribution is 2.37. The molecule has 0 unspecified atom stereocenters. The van der Waals surface area contributed by atoms with Crippen molar-refractivity contribution < 1.29 is 22.7 Å². The molecule has 0 amide bonds. The van der Waals surface area contributed by atoms with Crippen LogP contribution in [0, 0.1) is 23.4 Å². The summed E-state index contributed by atoms with van der Waals surface area (Å²) in [6.07, 6.45) is 6.41. The second-order valence-electron chi connectivity index (χ2n) is 9.65. The Balaban J connectivity index is 1.62. The summed E-state index contributed by atoms with van der Waals surface area (Å²) in [7, 11) is 1.49. The summed E-state index contributed by atoms with van der Waals surface area (Å²) >= 11 is 0. The van der Waals surface area contributed by atoms with Gasteiger partial charge in [0, 0.05) is 32.0 Å². The van der Waals surface area contributed by atoms with Crippen molar-refractivity contribution >= 4 is 5.78 Å². The predicted octanol–water partition coefficient (Wildman–Crippen LogP) is 5.41. The topological polar surface area (TPSA) is 78.1 Å². The van der Waals surface area contributed by atoms with E-state index in [1.54, 1.807) is 12.4 Å². The number of ketones is 1. The predicted molar refractivity (Wildman–Crippen MR) is 131 cm³/mol. The SMILES string of the molecule is COCCc1cc(F)c(-c2nc(C(=O)Cc3cnccc3[C@@H]3C[C@H](C)C[C@H](N)C3)ccc2F)c(F)c1. The number of carbonyl (C=O) groups is 1. The Labute approximate surface area is 208 Å². The zero-order chi connectivity index (χ0) is 25.8. The molecule has 8 heteroatoms. The number of Topliss-reactive ketones (excluding diaryl/α,β-unsaturated/α-hetero) is 1. The Hall–Kier alpha value is -3.10. The van der Waals surface area contributed by atoms with E-state index in [9.17, 15) is 18.0 Å². The molecule has 1 aliphatic carbocycles. The zero-order valence-electron chi connectivity index (χ0n) is 20.4. The number of aromatic nitrogens is 2. The van der Waals surface area contributed by atoms with E-state index in [0.717, 1.165) is 48.6 Å². The Morgan fingerprint density at radius 1 is 1.08 bits per heavy atom. The minimum Gasteiger partial charge on any atom is -0.384 e. The maximum Gasteiger partial charge on any atom is 0.185 e. The van der Waals surface area contributed by atoms with Crippen molar-refractivity contribution in [3.05, 3.63) is 82.6 Å². The van der Waals surface area contributed by atoms with Gasteiger partial charge in [0.25, 0.3) is 0 Å². The van der Waals surface area contributed by atoms with Crippen LogP contribution in [0.15, 0.2) is 42.7 Å². The van der Waals surface area contributed by atoms with E-state index in [4.69, 9.17) is 10.5 Å². The van der Waals surface area contributed by atoms with Crippen molar-refractivity contribution in [2.75, 3.05) is 13.7 Å². The molecule has 1 fully saturated rings. The molecule has 2 aromatic heterocycles. The van der Waals surface area contributed by atoms with Gasteiger partial charge in [-0.05, 0) is 84.5 Å². The zero-order valence-corrected chi connectivity index (χ0v) is 20.4. The first kappa shape index (κ1) is 26.0. The van der Waals surface area contributed by atoms with Gasteiger partial charge in [0.05, 0.1) is 12.2 Å². The van der Waals surface area contributed by atoms with Crippen LogP contribution in [0.4, 0.5) is 13.2 Å². The first-order valence-electron chi connectivity index (χ1n) is 12.1. The lowest BCUT2D eigenvalue weighted by molar-refractivity contribution is 0.0987. The van der Waals surface area contributed by atoms with Gasteiger partial charge in [0.1, 0.15) is 28.8 Å². The molecule has 2 N–H and O–H groups in total. The fourth-order valence-electron chi connectivity index (χ4n) is 5.15. The molecule has 2 heterocycles. The Morgan fingerprint density at radius 2 is 1.83 bits per heavy atom. The maximum absolute atomic E-state index is 14.8.